The Morgan fingerprint density at radius 3 is 2.26 bits per heavy atom. The van der Waals surface area contributed by atoms with Gasteiger partial charge in [0.05, 0.1) is 11.9 Å². The lowest BCUT2D eigenvalue weighted by Crippen LogP contribution is -2.28. The topological polar surface area (TPSA) is 59.1 Å². The summed E-state index contributed by atoms with van der Waals surface area (Å²) < 4.78 is 60.8. The number of nitrogens with one attached hydrogen (secondary N) is 1. The number of anilines is 1. The minimum atomic E-state index is -4.78. The van der Waals surface area contributed by atoms with Gasteiger partial charge < -0.3 is 0 Å². The average Bonchev–Trinajstić information content (AvgIpc) is 2.11. The van der Waals surface area contributed by atoms with Gasteiger partial charge in [0.25, 0.3) is 0 Å². The first kappa shape index (κ1) is 15.7. The van der Waals surface area contributed by atoms with E-state index in [1.54, 1.807) is 6.20 Å². The van der Waals surface area contributed by atoms with Crippen LogP contribution >= 0.6 is 0 Å². The van der Waals surface area contributed by atoms with Gasteiger partial charge in [-0.15, -0.1) is 0 Å². The Labute approximate surface area is 110 Å². The first-order chi connectivity index (χ1) is 8.39. The molecule has 1 heterocycles. The molecule has 0 fully saturated rings. The summed E-state index contributed by atoms with van der Waals surface area (Å²) in [6, 6.07) is 1.47. The molecule has 0 amide bonds. The molecule has 0 aromatic carbocycles. The van der Waals surface area contributed by atoms with Crippen molar-refractivity contribution in [2.75, 3.05) is 10.5 Å². The first-order valence-electron chi connectivity index (χ1n) is 5.42. The highest BCUT2D eigenvalue weighted by Crippen LogP contribution is 2.24. The third-order valence-corrected chi connectivity index (χ3v) is 3.49. The van der Waals surface area contributed by atoms with Gasteiger partial charge in [-0.05, 0) is 17.0 Å². The van der Waals surface area contributed by atoms with Crippen LogP contribution in [0.1, 0.15) is 26.3 Å². The minimum absolute atomic E-state index is 0.0247. The predicted octanol–water partition coefficient (Wildman–Crippen LogP) is 2.68. The molecule has 1 N–H and O–H groups in total. The molecular formula is C11H15F3N2O2S. The van der Waals surface area contributed by atoms with E-state index in [4.69, 9.17) is 0 Å². The molecule has 0 saturated carbocycles. The van der Waals surface area contributed by atoms with Gasteiger partial charge in [-0.2, -0.15) is 13.2 Å². The lowest BCUT2D eigenvalue weighted by molar-refractivity contribution is -0.106. The number of hydrogen-bond donors (Lipinski definition) is 1. The molecule has 0 saturated heterocycles. The molecular weight excluding hydrogens is 281 g/mol. The molecule has 0 atom stereocenters. The molecule has 1 rings (SSSR count). The van der Waals surface area contributed by atoms with Gasteiger partial charge >= 0.3 is 6.18 Å². The van der Waals surface area contributed by atoms with Crippen LogP contribution in [0.15, 0.2) is 18.5 Å². The Hall–Kier alpha value is -1.31. The number of hydrogen-bond acceptors (Lipinski definition) is 3. The maximum atomic E-state index is 12.1. The number of aromatic nitrogens is 1. The quantitative estimate of drug-likeness (QED) is 0.933. The molecule has 0 unspecified atom stereocenters. The van der Waals surface area contributed by atoms with Crippen molar-refractivity contribution in [3.63, 3.8) is 0 Å². The largest absolute Gasteiger partial charge is 0.404 e. The van der Waals surface area contributed by atoms with Crippen molar-refractivity contribution in [2.24, 2.45) is 0 Å². The maximum absolute atomic E-state index is 12.1. The van der Waals surface area contributed by atoms with E-state index in [0.29, 0.717) is 0 Å². The van der Waals surface area contributed by atoms with E-state index in [9.17, 15) is 21.6 Å². The molecule has 0 aliphatic rings. The summed E-state index contributed by atoms with van der Waals surface area (Å²) in [4.78, 5) is 3.82. The van der Waals surface area contributed by atoms with E-state index in [0.717, 1.165) is 5.56 Å². The predicted molar refractivity (Wildman–Crippen MR) is 66.4 cm³/mol. The number of sulfonamides is 1. The zero-order valence-electron chi connectivity index (χ0n) is 10.7. The zero-order chi connectivity index (χ0) is 14.9. The molecule has 1 aromatic heterocycles. The molecule has 1 aromatic rings. The SMILES string of the molecule is CC(C)(C)c1cncc(NS(=O)(=O)CC(F)(F)F)c1. The van der Waals surface area contributed by atoms with Gasteiger partial charge in [-0.1, -0.05) is 20.8 Å². The number of nitrogens with zero attached hydrogens (tertiary/aromatic N) is 1. The lowest BCUT2D eigenvalue weighted by Gasteiger charge is -2.19. The number of rotatable bonds is 3. The Kier molecular flexibility index (Phi) is 4.14. The highest BCUT2D eigenvalue weighted by molar-refractivity contribution is 7.92. The smallest absolute Gasteiger partial charge is 0.282 e. The van der Waals surface area contributed by atoms with E-state index in [1.807, 2.05) is 25.5 Å². The second kappa shape index (κ2) is 4.99. The molecule has 4 nitrogen and oxygen atoms in total. The lowest BCUT2D eigenvalue weighted by atomic mass is 9.88. The van der Waals surface area contributed by atoms with Gasteiger partial charge in [0, 0.05) is 6.20 Å². The molecule has 0 radical (unpaired) electrons. The number of pyridine rings is 1. The van der Waals surface area contributed by atoms with E-state index in [-0.39, 0.29) is 11.1 Å². The molecule has 0 aliphatic carbocycles. The summed E-state index contributed by atoms with van der Waals surface area (Å²) in [5.41, 5.74) is 0.467. The summed E-state index contributed by atoms with van der Waals surface area (Å²) in [7, 11) is -4.47. The van der Waals surface area contributed by atoms with Crippen molar-refractivity contribution in [1.82, 2.24) is 4.98 Å². The highest BCUT2D eigenvalue weighted by atomic mass is 32.2. The second-order valence-electron chi connectivity index (χ2n) is 5.19. The Balaban J connectivity index is 2.95. The summed E-state index contributed by atoms with van der Waals surface area (Å²) >= 11 is 0. The van der Waals surface area contributed by atoms with Crippen LogP contribution in [0.2, 0.25) is 0 Å². The Bertz CT molecular complexity index is 548. The summed E-state index contributed by atoms with van der Waals surface area (Å²) in [6.07, 6.45) is -2.06. The van der Waals surface area contributed by atoms with Crippen LogP contribution in [0, 0.1) is 0 Å². The minimum Gasteiger partial charge on any atom is -0.282 e. The summed E-state index contributed by atoms with van der Waals surface area (Å²) in [5.74, 6) is -1.92. The van der Waals surface area contributed by atoms with Gasteiger partial charge in [0.1, 0.15) is 0 Å². The monoisotopic (exact) mass is 296 g/mol. The van der Waals surface area contributed by atoms with Crippen molar-refractivity contribution in [3.05, 3.63) is 24.0 Å². The van der Waals surface area contributed by atoms with Crippen molar-refractivity contribution in [3.8, 4) is 0 Å². The standard InChI is InChI=1S/C11H15F3N2O2S/c1-10(2,3)8-4-9(6-15-5-8)16-19(17,18)7-11(12,13)14/h4-6,16H,7H2,1-3H3. The van der Waals surface area contributed by atoms with Crippen molar-refractivity contribution < 1.29 is 21.6 Å². The van der Waals surface area contributed by atoms with Gasteiger partial charge in [-0.3, -0.25) is 9.71 Å². The number of alkyl halides is 3. The Morgan fingerprint density at radius 2 is 1.79 bits per heavy atom. The zero-order valence-corrected chi connectivity index (χ0v) is 11.6. The third kappa shape index (κ3) is 5.46. The third-order valence-electron chi connectivity index (χ3n) is 2.23. The Morgan fingerprint density at radius 1 is 1.21 bits per heavy atom. The highest BCUT2D eigenvalue weighted by Gasteiger charge is 2.35. The van der Waals surface area contributed by atoms with Gasteiger partial charge in [0.2, 0.25) is 10.0 Å². The fourth-order valence-corrected chi connectivity index (χ4v) is 2.31. The van der Waals surface area contributed by atoms with E-state index < -0.39 is 22.0 Å². The van der Waals surface area contributed by atoms with Gasteiger partial charge in [-0.25, -0.2) is 8.42 Å². The van der Waals surface area contributed by atoms with Crippen molar-refractivity contribution in [1.29, 1.82) is 0 Å². The molecule has 108 valence electrons. The first-order valence-corrected chi connectivity index (χ1v) is 7.07. The van der Waals surface area contributed by atoms with E-state index >= 15 is 0 Å². The van der Waals surface area contributed by atoms with Crippen LogP contribution < -0.4 is 4.72 Å². The fraction of sp³-hybridized carbons (Fsp3) is 0.545. The van der Waals surface area contributed by atoms with E-state index in [2.05, 4.69) is 4.98 Å². The van der Waals surface area contributed by atoms with Crippen LogP contribution in [0.4, 0.5) is 18.9 Å². The fourth-order valence-electron chi connectivity index (χ4n) is 1.34. The van der Waals surface area contributed by atoms with Crippen LogP contribution in [0.3, 0.4) is 0 Å². The molecule has 19 heavy (non-hydrogen) atoms. The van der Waals surface area contributed by atoms with Crippen LogP contribution in [0.25, 0.3) is 0 Å². The second-order valence-corrected chi connectivity index (χ2v) is 6.91. The number of halogens is 3. The molecule has 0 aliphatic heterocycles. The van der Waals surface area contributed by atoms with Crippen LogP contribution in [-0.2, 0) is 15.4 Å². The average molecular weight is 296 g/mol. The van der Waals surface area contributed by atoms with E-state index in [1.165, 1.54) is 12.3 Å². The normalized spacial score (nSPS) is 13.4. The van der Waals surface area contributed by atoms with Gasteiger partial charge in [0.15, 0.2) is 5.75 Å². The van der Waals surface area contributed by atoms with Crippen LogP contribution in [0.5, 0.6) is 0 Å². The van der Waals surface area contributed by atoms with Crippen LogP contribution in [-0.4, -0.2) is 25.3 Å². The summed E-state index contributed by atoms with van der Waals surface area (Å²) in [5, 5.41) is 0. The maximum Gasteiger partial charge on any atom is 0.404 e. The van der Waals surface area contributed by atoms with Crippen molar-refractivity contribution >= 4 is 15.7 Å². The summed E-state index contributed by atoms with van der Waals surface area (Å²) in [6.45, 7) is 5.66. The molecule has 0 spiro atoms. The molecule has 0 bridgehead atoms. The van der Waals surface area contributed by atoms with Crippen molar-refractivity contribution in [2.45, 2.75) is 32.4 Å². The molecule has 8 heteroatoms.